The van der Waals surface area contributed by atoms with Crippen LogP contribution in [-0.4, -0.2) is 10.8 Å². The van der Waals surface area contributed by atoms with Gasteiger partial charge in [-0.2, -0.15) is 11.3 Å². The number of ketones is 1. The number of carbonyl (C=O) groups is 1. The highest BCUT2D eigenvalue weighted by Crippen LogP contribution is 2.31. The van der Waals surface area contributed by atoms with E-state index in [1.165, 1.54) is 6.08 Å². The molecule has 0 saturated carbocycles. The van der Waals surface area contributed by atoms with Gasteiger partial charge in [0.05, 0.1) is 5.56 Å². The Labute approximate surface area is 164 Å². The number of thiophene rings is 1. The van der Waals surface area contributed by atoms with Gasteiger partial charge in [0, 0.05) is 21.5 Å². The number of pyridine rings is 1. The number of H-pyrrole nitrogens is 1. The molecule has 0 fully saturated rings. The van der Waals surface area contributed by atoms with Gasteiger partial charge < -0.3 is 4.98 Å². The Kier molecular flexibility index (Phi) is 4.75. The number of aromatic amines is 1. The molecule has 4 rings (SSSR count). The van der Waals surface area contributed by atoms with Gasteiger partial charge in [-0.15, -0.1) is 0 Å². The van der Waals surface area contributed by atoms with Crippen molar-refractivity contribution in [2.45, 2.75) is 0 Å². The zero-order valence-corrected chi connectivity index (χ0v) is 15.7. The first-order valence-electron chi connectivity index (χ1n) is 8.29. The molecule has 132 valence electrons. The monoisotopic (exact) mass is 391 g/mol. The van der Waals surface area contributed by atoms with Crippen LogP contribution in [-0.2, 0) is 0 Å². The third-order valence-electron chi connectivity index (χ3n) is 4.26. The Morgan fingerprint density at radius 2 is 1.89 bits per heavy atom. The summed E-state index contributed by atoms with van der Waals surface area (Å²) in [7, 11) is 0. The number of carbonyl (C=O) groups excluding carboxylic acids is 1. The molecule has 0 spiro atoms. The number of allylic oxidation sites excluding steroid dienone is 1. The van der Waals surface area contributed by atoms with Crippen LogP contribution in [0.15, 0.2) is 76.2 Å². The molecule has 1 N–H and O–H groups in total. The minimum absolute atomic E-state index is 0.113. The molecule has 2 aromatic carbocycles. The van der Waals surface area contributed by atoms with E-state index < -0.39 is 5.56 Å². The molecule has 2 heterocycles. The van der Waals surface area contributed by atoms with Crippen LogP contribution < -0.4 is 5.56 Å². The van der Waals surface area contributed by atoms with Gasteiger partial charge in [-0.1, -0.05) is 48.0 Å². The predicted octanol–water partition coefficient (Wildman–Crippen LogP) is 5.81. The lowest BCUT2D eigenvalue weighted by atomic mass is 9.94. The first-order valence-corrected chi connectivity index (χ1v) is 9.61. The highest BCUT2D eigenvalue weighted by molar-refractivity contribution is 7.08. The van der Waals surface area contributed by atoms with Gasteiger partial charge >= 0.3 is 0 Å². The minimum atomic E-state index is -0.413. The maximum Gasteiger partial charge on any atom is 0.260 e. The van der Waals surface area contributed by atoms with Crippen molar-refractivity contribution in [1.82, 2.24) is 4.98 Å². The number of hydrogen-bond donors (Lipinski definition) is 1. The number of rotatable bonds is 4. The summed E-state index contributed by atoms with van der Waals surface area (Å²) in [6.45, 7) is 0. The molecule has 0 aliphatic carbocycles. The average Bonchev–Trinajstić information content (AvgIpc) is 3.20. The van der Waals surface area contributed by atoms with Crippen molar-refractivity contribution < 1.29 is 4.79 Å². The number of hydrogen-bond acceptors (Lipinski definition) is 3. The molecular weight excluding hydrogens is 378 g/mol. The Hall–Kier alpha value is -2.95. The molecule has 0 bridgehead atoms. The number of nitrogens with one attached hydrogen (secondary N) is 1. The molecule has 0 aliphatic rings. The quantitative estimate of drug-likeness (QED) is 0.352. The van der Waals surface area contributed by atoms with E-state index in [1.807, 2.05) is 47.2 Å². The normalized spacial score (nSPS) is 11.3. The van der Waals surface area contributed by atoms with E-state index in [0.717, 1.165) is 16.5 Å². The molecule has 4 aromatic rings. The van der Waals surface area contributed by atoms with Gasteiger partial charge in [0.15, 0.2) is 5.78 Å². The lowest BCUT2D eigenvalue weighted by Crippen LogP contribution is -2.18. The number of aromatic nitrogens is 1. The smallest absolute Gasteiger partial charge is 0.260 e. The van der Waals surface area contributed by atoms with Gasteiger partial charge in [0.1, 0.15) is 0 Å². The zero-order valence-electron chi connectivity index (χ0n) is 14.1. The first-order chi connectivity index (χ1) is 13.1. The van der Waals surface area contributed by atoms with E-state index in [1.54, 1.807) is 35.6 Å². The van der Waals surface area contributed by atoms with E-state index in [2.05, 4.69) is 4.98 Å². The van der Waals surface area contributed by atoms with Crippen molar-refractivity contribution in [3.63, 3.8) is 0 Å². The summed E-state index contributed by atoms with van der Waals surface area (Å²) in [6.07, 6.45) is 3.16. The van der Waals surface area contributed by atoms with Crippen molar-refractivity contribution >= 4 is 45.7 Å². The van der Waals surface area contributed by atoms with Crippen LogP contribution >= 0.6 is 22.9 Å². The fourth-order valence-corrected chi connectivity index (χ4v) is 3.83. The second kappa shape index (κ2) is 7.35. The van der Waals surface area contributed by atoms with Gasteiger partial charge in [-0.05, 0) is 52.2 Å². The van der Waals surface area contributed by atoms with Gasteiger partial charge in [0.25, 0.3) is 5.56 Å². The Morgan fingerprint density at radius 1 is 1.07 bits per heavy atom. The van der Waals surface area contributed by atoms with E-state index in [0.29, 0.717) is 16.1 Å². The molecule has 27 heavy (non-hydrogen) atoms. The maximum atomic E-state index is 12.9. The van der Waals surface area contributed by atoms with Crippen LogP contribution in [0, 0.1) is 0 Å². The summed E-state index contributed by atoms with van der Waals surface area (Å²) >= 11 is 7.74. The summed E-state index contributed by atoms with van der Waals surface area (Å²) in [5.74, 6) is -0.344. The third-order valence-corrected chi connectivity index (χ3v) is 5.19. The predicted molar refractivity (Wildman–Crippen MR) is 113 cm³/mol. The summed E-state index contributed by atoms with van der Waals surface area (Å²) in [6, 6.07) is 16.6. The van der Waals surface area contributed by atoms with E-state index in [4.69, 9.17) is 11.6 Å². The molecule has 0 atom stereocenters. The fraction of sp³-hybridized carbons (Fsp3) is 0. The van der Waals surface area contributed by atoms with Crippen molar-refractivity contribution in [2.24, 2.45) is 0 Å². The average molecular weight is 392 g/mol. The second-order valence-electron chi connectivity index (χ2n) is 6.01. The van der Waals surface area contributed by atoms with E-state index in [-0.39, 0.29) is 11.3 Å². The molecule has 0 aliphatic heterocycles. The minimum Gasteiger partial charge on any atom is -0.321 e. The first kappa shape index (κ1) is 17.5. The summed E-state index contributed by atoms with van der Waals surface area (Å²) in [5.41, 5.74) is 2.66. The molecule has 3 nitrogen and oxygen atoms in total. The van der Waals surface area contributed by atoms with Gasteiger partial charge in [-0.3, -0.25) is 9.59 Å². The Morgan fingerprint density at radius 3 is 2.63 bits per heavy atom. The molecular formula is C22H14ClNO2S. The van der Waals surface area contributed by atoms with Crippen LogP contribution in [0.25, 0.3) is 28.1 Å². The molecule has 0 unspecified atom stereocenters. The van der Waals surface area contributed by atoms with Crippen molar-refractivity contribution in [3.8, 4) is 11.1 Å². The Balaban J connectivity index is 1.98. The number of halogens is 1. The van der Waals surface area contributed by atoms with E-state index in [9.17, 15) is 9.59 Å². The third kappa shape index (κ3) is 3.50. The van der Waals surface area contributed by atoms with Gasteiger partial charge in [0.2, 0.25) is 0 Å². The van der Waals surface area contributed by atoms with Crippen LogP contribution in [0.4, 0.5) is 0 Å². The molecule has 5 heteroatoms. The van der Waals surface area contributed by atoms with Crippen molar-refractivity contribution in [1.29, 1.82) is 0 Å². The summed E-state index contributed by atoms with van der Waals surface area (Å²) in [4.78, 5) is 28.5. The van der Waals surface area contributed by atoms with E-state index >= 15 is 0 Å². The fourth-order valence-electron chi connectivity index (χ4n) is 3.03. The highest BCUT2D eigenvalue weighted by Gasteiger charge is 2.19. The SMILES string of the molecule is O=C(C=Cc1ccsc1)c1c(-c2ccccc2)c2cc(Cl)ccc2[nH]c1=O. The molecule has 0 amide bonds. The molecule has 0 radical (unpaired) electrons. The number of fused-ring (bicyclic) bond motifs is 1. The van der Waals surface area contributed by atoms with Crippen LogP contribution in [0.3, 0.4) is 0 Å². The lowest BCUT2D eigenvalue weighted by molar-refractivity contribution is 0.104. The largest absolute Gasteiger partial charge is 0.321 e. The number of benzene rings is 2. The zero-order chi connectivity index (χ0) is 18.8. The van der Waals surface area contributed by atoms with Crippen LogP contribution in [0.1, 0.15) is 15.9 Å². The molecule has 2 aromatic heterocycles. The standard InChI is InChI=1S/C22H14ClNO2S/c23-16-7-8-18-17(12-16)20(15-4-2-1-3-5-15)21(22(26)24-18)19(25)9-6-14-10-11-27-13-14/h1-13H,(H,24,26). The summed E-state index contributed by atoms with van der Waals surface area (Å²) < 4.78 is 0. The highest BCUT2D eigenvalue weighted by atomic mass is 35.5. The maximum absolute atomic E-state index is 12.9. The molecule has 0 saturated heterocycles. The van der Waals surface area contributed by atoms with Gasteiger partial charge in [-0.25, -0.2) is 0 Å². The Bertz CT molecular complexity index is 1210. The topological polar surface area (TPSA) is 49.9 Å². The second-order valence-corrected chi connectivity index (χ2v) is 7.23. The van der Waals surface area contributed by atoms with Crippen molar-refractivity contribution in [2.75, 3.05) is 0 Å². The van der Waals surface area contributed by atoms with Crippen molar-refractivity contribution in [3.05, 3.63) is 97.9 Å². The lowest BCUT2D eigenvalue weighted by Gasteiger charge is -2.11. The van der Waals surface area contributed by atoms with Crippen LogP contribution in [0.5, 0.6) is 0 Å². The summed E-state index contributed by atoms with van der Waals surface area (Å²) in [5, 5.41) is 5.15. The van der Waals surface area contributed by atoms with Crippen LogP contribution in [0.2, 0.25) is 5.02 Å².